The highest BCUT2D eigenvalue weighted by atomic mass is 79.9. The molecule has 1 aromatic carbocycles. The van der Waals surface area contributed by atoms with E-state index in [0.29, 0.717) is 5.56 Å². The van der Waals surface area contributed by atoms with Gasteiger partial charge in [-0.1, -0.05) is 6.07 Å². The number of halogens is 3. The zero-order valence-corrected chi connectivity index (χ0v) is 14.8. The molecule has 0 unspecified atom stereocenters. The number of hydrogen-bond acceptors (Lipinski definition) is 3. The number of hydrogen-bond donors (Lipinski definition) is 0. The Labute approximate surface area is 132 Å². The zero-order chi connectivity index (χ0) is 16.2. The van der Waals surface area contributed by atoms with Gasteiger partial charge in [-0.2, -0.15) is 0 Å². The van der Waals surface area contributed by atoms with Crippen LogP contribution < -0.4 is 0 Å². The van der Waals surface area contributed by atoms with Crippen molar-refractivity contribution in [2.75, 3.05) is 0 Å². The third-order valence-electron chi connectivity index (χ3n) is 2.19. The molecule has 0 atom stereocenters. The fourth-order valence-corrected chi connectivity index (χ4v) is 3.93. The molecule has 0 spiro atoms. The summed E-state index contributed by atoms with van der Waals surface area (Å²) in [7, 11) is -3.55. The van der Waals surface area contributed by atoms with E-state index in [1.54, 1.807) is 27.7 Å². The molecule has 0 saturated heterocycles. The van der Waals surface area contributed by atoms with E-state index in [1.807, 2.05) is 0 Å². The molecule has 0 radical (unpaired) electrons. The van der Waals surface area contributed by atoms with Crippen LogP contribution in [0.4, 0.5) is 8.78 Å². The van der Waals surface area contributed by atoms with E-state index in [4.69, 9.17) is 9.05 Å². The van der Waals surface area contributed by atoms with Crippen LogP contribution in [0.1, 0.15) is 33.3 Å². The summed E-state index contributed by atoms with van der Waals surface area (Å²) in [5.41, 5.74) is 0.348. The van der Waals surface area contributed by atoms with Crippen molar-refractivity contribution in [1.82, 2.24) is 0 Å². The van der Waals surface area contributed by atoms with Crippen LogP contribution in [0.15, 0.2) is 22.4 Å². The minimum absolute atomic E-state index is 0.156. The molecule has 0 heterocycles. The van der Waals surface area contributed by atoms with Gasteiger partial charge >= 0.3 is 7.60 Å². The molecule has 0 saturated carbocycles. The van der Waals surface area contributed by atoms with Gasteiger partial charge in [-0.15, -0.1) is 0 Å². The maximum atomic E-state index is 13.2. The van der Waals surface area contributed by atoms with Crippen LogP contribution >= 0.6 is 23.5 Å². The van der Waals surface area contributed by atoms with Gasteiger partial charge in [0.25, 0.3) is 0 Å². The lowest BCUT2D eigenvalue weighted by atomic mass is 10.2. The first-order valence-corrected chi connectivity index (χ1v) is 8.77. The highest BCUT2D eigenvalue weighted by Gasteiger charge is 2.31. The monoisotopic (exact) mass is 382 g/mol. The van der Waals surface area contributed by atoms with E-state index in [1.165, 1.54) is 12.1 Å². The topological polar surface area (TPSA) is 35.5 Å². The van der Waals surface area contributed by atoms with Gasteiger partial charge in [0, 0.05) is 0 Å². The largest absolute Gasteiger partial charge is 0.368 e. The fourth-order valence-electron chi connectivity index (χ4n) is 1.50. The first kappa shape index (κ1) is 18.5. The third-order valence-corrected chi connectivity index (χ3v) is 5.77. The molecule has 0 aliphatic heterocycles. The Morgan fingerprint density at radius 3 is 2.10 bits per heavy atom. The molecule has 118 valence electrons. The normalized spacial score (nSPS) is 13.3. The lowest BCUT2D eigenvalue weighted by molar-refractivity contribution is 0.149. The quantitative estimate of drug-likeness (QED) is 0.591. The Morgan fingerprint density at radius 1 is 1.14 bits per heavy atom. The lowest BCUT2D eigenvalue weighted by Crippen LogP contribution is -2.07. The molecular formula is C14H18BrF2O3P. The third kappa shape index (κ3) is 5.62. The van der Waals surface area contributed by atoms with Gasteiger partial charge in [0.15, 0.2) is 11.6 Å². The van der Waals surface area contributed by atoms with Crippen LogP contribution in [-0.4, -0.2) is 12.2 Å². The summed E-state index contributed by atoms with van der Waals surface area (Å²) in [5.74, 6) is -1.92. The SMILES string of the molecule is CC(C)OP(=O)(OC(C)C)/C(Br)=C\c1ccc(F)c(F)c1. The average molecular weight is 383 g/mol. The van der Waals surface area contributed by atoms with Gasteiger partial charge in [0.2, 0.25) is 0 Å². The molecule has 1 rings (SSSR count). The molecule has 3 nitrogen and oxygen atoms in total. The predicted octanol–water partition coefficient (Wildman–Crippen LogP) is 5.70. The Balaban J connectivity index is 3.14. The highest BCUT2D eigenvalue weighted by Crippen LogP contribution is 2.60. The summed E-state index contributed by atoms with van der Waals surface area (Å²) in [6.45, 7) is 6.92. The van der Waals surface area contributed by atoms with E-state index in [9.17, 15) is 13.3 Å². The standard InChI is InChI=1S/C14H18BrF2O3P/c1-9(2)19-21(18,20-10(3)4)14(15)8-11-5-6-12(16)13(17)7-11/h5-10H,1-4H3/b14-8-. The summed E-state index contributed by atoms with van der Waals surface area (Å²) in [6.07, 6.45) is 0.759. The molecule has 1 aromatic rings. The minimum atomic E-state index is -3.55. The second-order valence-electron chi connectivity index (χ2n) is 4.95. The maximum absolute atomic E-state index is 13.2. The molecule has 0 fully saturated rings. The molecule has 0 aliphatic carbocycles. The van der Waals surface area contributed by atoms with Gasteiger partial charge in [0.05, 0.1) is 12.2 Å². The predicted molar refractivity (Wildman–Crippen MR) is 83.3 cm³/mol. The summed E-state index contributed by atoms with van der Waals surface area (Å²) in [4.78, 5) is 0. The molecule has 0 amide bonds. The smallest absolute Gasteiger partial charge is 0.302 e. The number of benzene rings is 1. The van der Waals surface area contributed by atoms with Crippen LogP contribution in [0, 0.1) is 11.6 Å². The molecular weight excluding hydrogens is 365 g/mol. The highest BCUT2D eigenvalue weighted by molar-refractivity contribution is 9.13. The molecule has 0 aliphatic rings. The summed E-state index contributed by atoms with van der Waals surface area (Å²) >= 11 is 3.17. The molecule has 0 aromatic heterocycles. The Bertz CT molecular complexity index is 559. The molecule has 0 N–H and O–H groups in total. The first-order valence-electron chi connectivity index (χ1n) is 6.43. The van der Waals surface area contributed by atoms with Crippen molar-refractivity contribution in [3.05, 3.63) is 39.6 Å². The van der Waals surface area contributed by atoms with Gasteiger partial charge in [0.1, 0.15) is 4.22 Å². The lowest BCUT2D eigenvalue weighted by Gasteiger charge is -2.22. The van der Waals surface area contributed by atoms with Gasteiger partial charge in [-0.25, -0.2) is 8.78 Å². The Morgan fingerprint density at radius 2 is 1.67 bits per heavy atom. The van der Waals surface area contributed by atoms with Crippen molar-refractivity contribution < 1.29 is 22.4 Å². The zero-order valence-electron chi connectivity index (χ0n) is 12.3. The average Bonchev–Trinajstić information content (AvgIpc) is 2.31. The summed E-state index contributed by atoms with van der Waals surface area (Å²) in [6, 6.07) is 3.37. The van der Waals surface area contributed by atoms with Gasteiger partial charge in [-0.05, 0) is 67.4 Å². The van der Waals surface area contributed by atoms with Crippen LogP contribution in [0.3, 0.4) is 0 Å². The van der Waals surface area contributed by atoms with E-state index >= 15 is 0 Å². The number of rotatable bonds is 6. The van der Waals surface area contributed by atoms with Crippen molar-refractivity contribution in [3.63, 3.8) is 0 Å². The minimum Gasteiger partial charge on any atom is -0.302 e. The van der Waals surface area contributed by atoms with E-state index in [-0.39, 0.29) is 16.4 Å². The molecule has 0 bridgehead atoms. The molecule has 21 heavy (non-hydrogen) atoms. The van der Waals surface area contributed by atoms with Crippen LogP contribution in [0.25, 0.3) is 6.08 Å². The van der Waals surface area contributed by atoms with Crippen molar-refractivity contribution >= 4 is 29.6 Å². The Kier molecular flexibility index (Phi) is 6.72. The fraction of sp³-hybridized carbons (Fsp3) is 0.429. The molecule has 7 heteroatoms. The van der Waals surface area contributed by atoms with Crippen LogP contribution in [0.5, 0.6) is 0 Å². The van der Waals surface area contributed by atoms with E-state index in [0.717, 1.165) is 12.1 Å². The van der Waals surface area contributed by atoms with E-state index in [2.05, 4.69) is 15.9 Å². The van der Waals surface area contributed by atoms with Crippen molar-refractivity contribution in [3.8, 4) is 0 Å². The summed E-state index contributed by atoms with van der Waals surface area (Å²) in [5, 5.41) is 0. The first-order chi connectivity index (χ1) is 9.64. The van der Waals surface area contributed by atoms with Crippen LogP contribution in [0.2, 0.25) is 0 Å². The van der Waals surface area contributed by atoms with Gasteiger partial charge < -0.3 is 9.05 Å². The van der Waals surface area contributed by atoms with Crippen molar-refractivity contribution in [1.29, 1.82) is 0 Å². The second-order valence-corrected chi connectivity index (χ2v) is 8.31. The maximum Gasteiger partial charge on any atom is 0.368 e. The van der Waals surface area contributed by atoms with E-state index < -0.39 is 19.2 Å². The Hall–Kier alpha value is -0.550. The van der Waals surface area contributed by atoms with Crippen molar-refractivity contribution in [2.24, 2.45) is 0 Å². The second kappa shape index (κ2) is 7.63. The van der Waals surface area contributed by atoms with Crippen LogP contribution in [-0.2, 0) is 13.6 Å². The van der Waals surface area contributed by atoms with Gasteiger partial charge in [-0.3, -0.25) is 4.57 Å². The summed E-state index contributed by atoms with van der Waals surface area (Å²) < 4.78 is 49.8. The van der Waals surface area contributed by atoms with Crippen molar-refractivity contribution in [2.45, 2.75) is 39.9 Å².